The maximum atomic E-state index is 11.3. The van der Waals surface area contributed by atoms with E-state index in [0.29, 0.717) is 19.4 Å². The van der Waals surface area contributed by atoms with Crippen molar-refractivity contribution < 1.29 is 13.2 Å². The predicted octanol–water partition coefficient (Wildman–Crippen LogP) is -0.319. The molecule has 0 aliphatic carbocycles. The first-order chi connectivity index (χ1) is 6.02. The van der Waals surface area contributed by atoms with Crippen molar-refractivity contribution in [2.75, 3.05) is 18.1 Å². The average molecular weight is 205 g/mol. The molecule has 1 spiro atoms. The van der Waals surface area contributed by atoms with Gasteiger partial charge < -0.3 is 10.5 Å². The Balaban J connectivity index is 2.14. The Morgan fingerprint density at radius 1 is 1.46 bits per heavy atom. The molecule has 2 atom stereocenters. The van der Waals surface area contributed by atoms with Crippen LogP contribution in [0.5, 0.6) is 0 Å². The van der Waals surface area contributed by atoms with Crippen LogP contribution >= 0.6 is 0 Å². The van der Waals surface area contributed by atoms with Gasteiger partial charge in [0.05, 0.1) is 17.1 Å². The average Bonchev–Trinajstić information content (AvgIpc) is 2.26. The van der Waals surface area contributed by atoms with E-state index in [4.69, 9.17) is 10.5 Å². The van der Waals surface area contributed by atoms with Crippen molar-refractivity contribution in [3.8, 4) is 0 Å². The third-order valence-corrected chi connectivity index (χ3v) is 4.67. The normalized spacial score (nSPS) is 43.9. The lowest BCUT2D eigenvalue weighted by atomic mass is 9.90. The summed E-state index contributed by atoms with van der Waals surface area (Å²) in [4.78, 5) is 0. The van der Waals surface area contributed by atoms with E-state index in [0.717, 1.165) is 6.42 Å². The zero-order valence-corrected chi connectivity index (χ0v) is 8.35. The zero-order valence-electron chi connectivity index (χ0n) is 7.53. The lowest BCUT2D eigenvalue weighted by molar-refractivity contribution is -0.0656. The summed E-state index contributed by atoms with van der Waals surface area (Å²) in [6.45, 7) is 0.608. The molecule has 0 unspecified atom stereocenters. The monoisotopic (exact) mass is 205 g/mol. The Morgan fingerprint density at radius 3 is 2.77 bits per heavy atom. The molecule has 2 rings (SSSR count). The molecular weight excluding hydrogens is 190 g/mol. The molecule has 2 aliphatic rings. The number of ether oxygens (including phenoxy) is 1. The maximum absolute atomic E-state index is 11.3. The lowest BCUT2D eigenvalue weighted by Gasteiger charge is -2.35. The van der Waals surface area contributed by atoms with Crippen molar-refractivity contribution in [2.45, 2.75) is 30.9 Å². The molecule has 76 valence electrons. The molecule has 5 heteroatoms. The topological polar surface area (TPSA) is 69.4 Å². The summed E-state index contributed by atoms with van der Waals surface area (Å²) >= 11 is 0. The van der Waals surface area contributed by atoms with Gasteiger partial charge >= 0.3 is 0 Å². The third kappa shape index (κ3) is 1.87. The fourth-order valence-corrected chi connectivity index (χ4v) is 4.20. The summed E-state index contributed by atoms with van der Waals surface area (Å²) < 4.78 is 28.2. The molecule has 2 heterocycles. The van der Waals surface area contributed by atoms with Gasteiger partial charge in [0.2, 0.25) is 0 Å². The van der Waals surface area contributed by atoms with Crippen LogP contribution in [0.3, 0.4) is 0 Å². The standard InChI is InChI=1S/C8H15NO3S/c9-7-1-3-12-8(5-7)2-4-13(10,11)6-8/h7H,1-6,9H2/t7-,8+/m1/s1. The second-order valence-electron chi connectivity index (χ2n) is 4.13. The van der Waals surface area contributed by atoms with Gasteiger partial charge in [-0.25, -0.2) is 8.42 Å². The number of hydrogen-bond acceptors (Lipinski definition) is 4. The summed E-state index contributed by atoms with van der Waals surface area (Å²) in [5.41, 5.74) is 5.37. The Morgan fingerprint density at radius 2 is 2.23 bits per heavy atom. The molecule has 2 fully saturated rings. The highest BCUT2D eigenvalue weighted by Gasteiger charge is 2.45. The molecule has 0 aromatic carbocycles. The number of nitrogens with two attached hydrogens (primary N) is 1. The van der Waals surface area contributed by atoms with Crippen LogP contribution in [0.2, 0.25) is 0 Å². The molecule has 0 amide bonds. The van der Waals surface area contributed by atoms with Gasteiger partial charge in [-0.2, -0.15) is 0 Å². The molecule has 2 N–H and O–H groups in total. The number of sulfone groups is 1. The van der Waals surface area contributed by atoms with E-state index in [2.05, 4.69) is 0 Å². The van der Waals surface area contributed by atoms with Crippen molar-refractivity contribution in [3.63, 3.8) is 0 Å². The minimum atomic E-state index is -2.86. The first-order valence-electron chi connectivity index (χ1n) is 4.61. The molecular formula is C8H15NO3S. The summed E-state index contributed by atoms with van der Waals surface area (Å²) in [7, 11) is -2.86. The number of hydrogen-bond donors (Lipinski definition) is 1. The van der Waals surface area contributed by atoms with E-state index in [1.54, 1.807) is 0 Å². The fraction of sp³-hybridized carbons (Fsp3) is 1.00. The van der Waals surface area contributed by atoms with Gasteiger partial charge in [-0.15, -0.1) is 0 Å². The van der Waals surface area contributed by atoms with Gasteiger partial charge in [-0.1, -0.05) is 0 Å². The van der Waals surface area contributed by atoms with Crippen molar-refractivity contribution >= 4 is 9.84 Å². The van der Waals surface area contributed by atoms with E-state index in [9.17, 15) is 8.42 Å². The van der Waals surface area contributed by atoms with E-state index in [-0.39, 0.29) is 17.5 Å². The first-order valence-corrected chi connectivity index (χ1v) is 6.44. The predicted molar refractivity (Wildman–Crippen MR) is 49.2 cm³/mol. The van der Waals surface area contributed by atoms with Crippen LogP contribution in [0.25, 0.3) is 0 Å². The van der Waals surface area contributed by atoms with Crippen LogP contribution in [0.1, 0.15) is 19.3 Å². The quantitative estimate of drug-likeness (QED) is 0.588. The Kier molecular flexibility index (Phi) is 2.13. The molecule has 0 saturated carbocycles. The second kappa shape index (κ2) is 2.93. The van der Waals surface area contributed by atoms with Crippen LogP contribution in [0, 0.1) is 0 Å². The molecule has 2 aliphatic heterocycles. The van der Waals surface area contributed by atoms with Crippen LogP contribution in [-0.2, 0) is 14.6 Å². The Hall–Kier alpha value is -0.130. The highest BCUT2D eigenvalue weighted by Crippen LogP contribution is 2.34. The Bertz CT molecular complexity index is 301. The summed E-state index contributed by atoms with van der Waals surface area (Å²) in [6.07, 6.45) is 2.18. The Labute approximate surface area is 78.4 Å². The summed E-state index contributed by atoms with van der Waals surface area (Å²) in [6, 6.07) is 0.113. The van der Waals surface area contributed by atoms with E-state index >= 15 is 0 Å². The molecule has 0 aromatic heterocycles. The van der Waals surface area contributed by atoms with Gasteiger partial charge in [-0.3, -0.25) is 0 Å². The second-order valence-corrected chi connectivity index (χ2v) is 6.31. The summed E-state index contributed by atoms with van der Waals surface area (Å²) in [5, 5.41) is 0. The fourth-order valence-electron chi connectivity index (χ4n) is 2.23. The molecule has 2 saturated heterocycles. The van der Waals surface area contributed by atoms with Gasteiger partial charge in [0, 0.05) is 12.6 Å². The zero-order chi connectivity index (χ0) is 9.53. The molecule has 0 bridgehead atoms. The molecule has 4 nitrogen and oxygen atoms in total. The van der Waals surface area contributed by atoms with Crippen molar-refractivity contribution in [1.82, 2.24) is 0 Å². The van der Waals surface area contributed by atoms with Gasteiger partial charge in [0.15, 0.2) is 9.84 Å². The van der Waals surface area contributed by atoms with Gasteiger partial charge in [0.25, 0.3) is 0 Å². The highest BCUT2D eigenvalue weighted by molar-refractivity contribution is 7.91. The minimum absolute atomic E-state index is 0.113. The van der Waals surface area contributed by atoms with Crippen molar-refractivity contribution in [1.29, 1.82) is 0 Å². The van der Waals surface area contributed by atoms with E-state index in [1.807, 2.05) is 0 Å². The first kappa shape index (κ1) is 9.43. The van der Waals surface area contributed by atoms with Crippen molar-refractivity contribution in [2.24, 2.45) is 5.73 Å². The third-order valence-electron chi connectivity index (χ3n) is 2.88. The van der Waals surface area contributed by atoms with E-state index in [1.165, 1.54) is 0 Å². The summed E-state index contributed by atoms with van der Waals surface area (Å²) in [5.74, 6) is 0.438. The van der Waals surface area contributed by atoms with E-state index < -0.39 is 15.4 Å². The number of rotatable bonds is 0. The van der Waals surface area contributed by atoms with Gasteiger partial charge in [0.1, 0.15) is 0 Å². The SMILES string of the molecule is N[C@@H]1CCO[C@@]2(CCS(=O)(=O)C2)C1. The van der Waals surface area contributed by atoms with Crippen LogP contribution in [0.15, 0.2) is 0 Å². The van der Waals surface area contributed by atoms with Crippen LogP contribution in [0.4, 0.5) is 0 Å². The maximum Gasteiger partial charge on any atom is 0.153 e. The minimum Gasteiger partial charge on any atom is -0.374 e. The largest absolute Gasteiger partial charge is 0.374 e. The molecule has 0 radical (unpaired) electrons. The van der Waals surface area contributed by atoms with Crippen LogP contribution in [-0.4, -0.2) is 38.2 Å². The van der Waals surface area contributed by atoms with Crippen LogP contribution < -0.4 is 5.73 Å². The molecule has 0 aromatic rings. The van der Waals surface area contributed by atoms with Gasteiger partial charge in [-0.05, 0) is 19.3 Å². The van der Waals surface area contributed by atoms with Crippen molar-refractivity contribution in [3.05, 3.63) is 0 Å². The molecule has 13 heavy (non-hydrogen) atoms. The smallest absolute Gasteiger partial charge is 0.153 e. The lowest BCUT2D eigenvalue weighted by Crippen LogP contribution is -2.45. The highest BCUT2D eigenvalue weighted by atomic mass is 32.2.